The highest BCUT2D eigenvalue weighted by Gasteiger charge is 2.49. The number of carbonyl (C=O) groups is 2. The van der Waals surface area contributed by atoms with E-state index in [1.165, 1.54) is 0 Å². The van der Waals surface area contributed by atoms with E-state index in [1.54, 1.807) is 12.0 Å². The second-order valence-corrected chi connectivity index (χ2v) is 6.98. The monoisotopic (exact) mass is 345 g/mol. The lowest BCUT2D eigenvalue weighted by atomic mass is 9.78. The minimum absolute atomic E-state index is 0.0810. The third-order valence-corrected chi connectivity index (χ3v) is 5.32. The molecule has 3 rings (SSSR count). The van der Waals surface area contributed by atoms with Gasteiger partial charge in [-0.05, 0) is 24.8 Å². The number of ether oxygens (including phenoxy) is 1. The summed E-state index contributed by atoms with van der Waals surface area (Å²) in [6.07, 6.45) is 2.63. The lowest BCUT2D eigenvalue weighted by molar-refractivity contribution is -0.146. The molecule has 2 aliphatic rings. The summed E-state index contributed by atoms with van der Waals surface area (Å²) >= 11 is 0. The number of nitrogens with one attached hydrogen (secondary N) is 1. The van der Waals surface area contributed by atoms with E-state index in [9.17, 15) is 9.59 Å². The van der Waals surface area contributed by atoms with E-state index in [2.05, 4.69) is 5.32 Å². The van der Waals surface area contributed by atoms with Gasteiger partial charge in [0.25, 0.3) is 0 Å². The second-order valence-electron chi connectivity index (χ2n) is 6.98. The predicted octanol–water partition coefficient (Wildman–Crippen LogP) is 1.86. The van der Waals surface area contributed by atoms with Crippen LogP contribution in [0.4, 0.5) is 4.79 Å². The molecule has 1 unspecified atom stereocenters. The number of hydrogen-bond donors (Lipinski definition) is 1. The Kier molecular flexibility index (Phi) is 5.58. The first-order valence-electron chi connectivity index (χ1n) is 9.00. The zero-order valence-corrected chi connectivity index (χ0v) is 14.9. The molecular formula is C19H27N3O3. The second kappa shape index (κ2) is 7.87. The molecule has 6 nitrogen and oxygen atoms in total. The lowest BCUT2D eigenvalue weighted by Crippen LogP contribution is -2.51. The van der Waals surface area contributed by atoms with Crippen LogP contribution in [0.1, 0.15) is 24.8 Å². The number of rotatable bonds is 5. The third-order valence-electron chi connectivity index (χ3n) is 5.32. The normalized spacial score (nSPS) is 23.3. The van der Waals surface area contributed by atoms with Crippen LogP contribution in [0.25, 0.3) is 0 Å². The van der Waals surface area contributed by atoms with Gasteiger partial charge in [-0.15, -0.1) is 0 Å². The molecule has 0 aliphatic carbocycles. The fourth-order valence-electron chi connectivity index (χ4n) is 3.88. The third kappa shape index (κ3) is 3.95. The van der Waals surface area contributed by atoms with E-state index < -0.39 is 5.41 Å². The van der Waals surface area contributed by atoms with Crippen LogP contribution >= 0.6 is 0 Å². The standard InChI is InChI=1S/C19H27N3O3/c1-25-13-12-21-10-5-8-19(17(21)23)9-11-22(15-19)18(24)20-14-16-6-3-2-4-7-16/h2-4,6-7H,5,8-15H2,1H3,(H,20,24). The predicted molar refractivity (Wildman–Crippen MR) is 95.0 cm³/mol. The van der Waals surface area contributed by atoms with Gasteiger partial charge in [-0.3, -0.25) is 4.79 Å². The van der Waals surface area contributed by atoms with Crippen LogP contribution < -0.4 is 5.32 Å². The van der Waals surface area contributed by atoms with Crippen molar-refractivity contribution in [2.24, 2.45) is 5.41 Å². The van der Waals surface area contributed by atoms with Crippen LogP contribution in [-0.2, 0) is 16.1 Å². The first-order valence-corrected chi connectivity index (χ1v) is 9.00. The van der Waals surface area contributed by atoms with Crippen LogP contribution in [0.3, 0.4) is 0 Å². The Morgan fingerprint density at radius 3 is 2.80 bits per heavy atom. The van der Waals surface area contributed by atoms with Crippen molar-refractivity contribution >= 4 is 11.9 Å². The summed E-state index contributed by atoms with van der Waals surface area (Å²) in [5, 5.41) is 2.97. The average Bonchev–Trinajstić information content (AvgIpc) is 3.07. The summed E-state index contributed by atoms with van der Waals surface area (Å²) in [6, 6.07) is 9.78. The first kappa shape index (κ1) is 17.7. The van der Waals surface area contributed by atoms with Gasteiger partial charge in [0.15, 0.2) is 0 Å². The SMILES string of the molecule is COCCN1CCCC2(CCN(C(=O)NCc3ccccc3)C2)C1=O. The molecule has 0 saturated carbocycles. The summed E-state index contributed by atoms with van der Waals surface area (Å²) in [4.78, 5) is 29.1. The minimum atomic E-state index is -0.393. The van der Waals surface area contributed by atoms with Crippen molar-refractivity contribution in [3.8, 4) is 0 Å². The molecule has 2 saturated heterocycles. The van der Waals surface area contributed by atoms with Gasteiger partial charge in [0.2, 0.25) is 5.91 Å². The fraction of sp³-hybridized carbons (Fsp3) is 0.579. The quantitative estimate of drug-likeness (QED) is 0.886. The van der Waals surface area contributed by atoms with Crippen molar-refractivity contribution < 1.29 is 14.3 Å². The maximum absolute atomic E-state index is 12.9. The van der Waals surface area contributed by atoms with Gasteiger partial charge in [-0.2, -0.15) is 0 Å². The number of nitrogens with zero attached hydrogens (tertiary/aromatic N) is 2. The van der Waals surface area contributed by atoms with Crippen molar-refractivity contribution in [1.82, 2.24) is 15.1 Å². The van der Waals surface area contributed by atoms with Crippen molar-refractivity contribution in [1.29, 1.82) is 0 Å². The van der Waals surface area contributed by atoms with E-state index in [1.807, 2.05) is 35.2 Å². The Morgan fingerprint density at radius 2 is 2.04 bits per heavy atom. The molecule has 3 amide bonds. The zero-order chi connectivity index (χ0) is 17.7. The van der Waals surface area contributed by atoms with E-state index in [0.29, 0.717) is 32.8 Å². The lowest BCUT2D eigenvalue weighted by Gasteiger charge is -2.39. The molecule has 1 atom stereocenters. The van der Waals surface area contributed by atoms with Crippen LogP contribution in [-0.4, -0.2) is 61.6 Å². The van der Waals surface area contributed by atoms with Crippen molar-refractivity contribution in [3.63, 3.8) is 0 Å². The van der Waals surface area contributed by atoms with Crippen molar-refractivity contribution in [2.45, 2.75) is 25.8 Å². The fourth-order valence-corrected chi connectivity index (χ4v) is 3.88. The Balaban J connectivity index is 1.56. The smallest absolute Gasteiger partial charge is 0.317 e. The van der Waals surface area contributed by atoms with Gasteiger partial charge < -0.3 is 19.9 Å². The van der Waals surface area contributed by atoms with E-state index in [-0.39, 0.29) is 11.9 Å². The molecule has 2 heterocycles. The number of amides is 3. The van der Waals surface area contributed by atoms with E-state index >= 15 is 0 Å². The Bertz CT molecular complexity index is 607. The maximum atomic E-state index is 12.9. The number of benzene rings is 1. The number of hydrogen-bond acceptors (Lipinski definition) is 3. The van der Waals surface area contributed by atoms with Crippen LogP contribution in [0.5, 0.6) is 0 Å². The molecule has 6 heteroatoms. The molecule has 25 heavy (non-hydrogen) atoms. The van der Waals surface area contributed by atoms with Crippen LogP contribution in [0.15, 0.2) is 30.3 Å². The number of piperidine rings is 1. The van der Waals surface area contributed by atoms with Crippen molar-refractivity contribution in [2.75, 3.05) is 39.9 Å². The molecule has 1 spiro atoms. The molecule has 0 radical (unpaired) electrons. The molecule has 0 bridgehead atoms. The summed E-state index contributed by atoms with van der Waals surface area (Å²) in [6.45, 7) is 3.67. The highest BCUT2D eigenvalue weighted by atomic mass is 16.5. The summed E-state index contributed by atoms with van der Waals surface area (Å²) in [5.74, 6) is 0.189. The topological polar surface area (TPSA) is 61.9 Å². The number of carbonyl (C=O) groups excluding carboxylic acids is 2. The summed E-state index contributed by atoms with van der Waals surface area (Å²) in [5.41, 5.74) is 0.681. The van der Waals surface area contributed by atoms with Gasteiger partial charge >= 0.3 is 6.03 Å². The summed E-state index contributed by atoms with van der Waals surface area (Å²) in [7, 11) is 1.65. The average molecular weight is 345 g/mol. The van der Waals surface area contributed by atoms with E-state index in [0.717, 1.165) is 31.4 Å². The van der Waals surface area contributed by atoms with Crippen LogP contribution in [0, 0.1) is 5.41 Å². The Labute approximate surface area is 149 Å². The van der Waals surface area contributed by atoms with Gasteiger partial charge in [-0.1, -0.05) is 30.3 Å². The molecular weight excluding hydrogens is 318 g/mol. The molecule has 0 aromatic heterocycles. The Morgan fingerprint density at radius 1 is 1.24 bits per heavy atom. The molecule has 1 aromatic carbocycles. The van der Waals surface area contributed by atoms with Gasteiger partial charge in [0, 0.05) is 39.8 Å². The molecule has 1 N–H and O–H groups in total. The highest BCUT2D eigenvalue weighted by Crippen LogP contribution is 2.40. The number of likely N-dealkylation sites (tertiary alicyclic amines) is 2. The van der Waals surface area contributed by atoms with Gasteiger partial charge in [0.05, 0.1) is 12.0 Å². The number of methoxy groups -OCH3 is 1. The number of urea groups is 1. The molecule has 2 fully saturated rings. The largest absolute Gasteiger partial charge is 0.383 e. The Hall–Kier alpha value is -2.08. The highest BCUT2D eigenvalue weighted by molar-refractivity contribution is 5.85. The first-order chi connectivity index (χ1) is 12.1. The molecule has 2 aliphatic heterocycles. The van der Waals surface area contributed by atoms with Crippen molar-refractivity contribution in [3.05, 3.63) is 35.9 Å². The molecule has 136 valence electrons. The maximum Gasteiger partial charge on any atom is 0.317 e. The van der Waals surface area contributed by atoms with Crippen LogP contribution in [0.2, 0.25) is 0 Å². The zero-order valence-electron chi connectivity index (χ0n) is 14.9. The summed E-state index contributed by atoms with van der Waals surface area (Å²) < 4.78 is 5.11. The molecule has 1 aromatic rings. The van der Waals surface area contributed by atoms with E-state index in [4.69, 9.17) is 4.74 Å². The van der Waals surface area contributed by atoms with Gasteiger partial charge in [0.1, 0.15) is 0 Å². The van der Waals surface area contributed by atoms with Gasteiger partial charge in [-0.25, -0.2) is 4.79 Å². The minimum Gasteiger partial charge on any atom is -0.383 e.